The molecule has 0 bridgehead atoms. The van der Waals surface area contributed by atoms with E-state index in [4.69, 9.17) is 0 Å². The van der Waals surface area contributed by atoms with Crippen LogP contribution in [0.15, 0.2) is 61.1 Å². The van der Waals surface area contributed by atoms with Gasteiger partial charge in [-0.05, 0) is 46.7 Å². The molecule has 2 heterocycles. The van der Waals surface area contributed by atoms with Crippen LogP contribution in [0.1, 0.15) is 66.7 Å². The molecule has 5 heteroatoms. The van der Waals surface area contributed by atoms with Gasteiger partial charge in [0.1, 0.15) is 5.69 Å². The number of nitrogens with zero attached hydrogens (tertiary/aromatic N) is 2. The van der Waals surface area contributed by atoms with Crippen LogP contribution in [0.25, 0.3) is 0 Å². The Kier molecular flexibility index (Phi) is 6.60. The second kappa shape index (κ2) is 9.32. The van der Waals surface area contributed by atoms with Crippen molar-refractivity contribution in [2.24, 2.45) is 0 Å². The lowest BCUT2D eigenvalue weighted by Crippen LogP contribution is -2.17. The fourth-order valence-corrected chi connectivity index (χ4v) is 3.21. The Labute approximate surface area is 172 Å². The number of benzene rings is 1. The number of amides is 1. The third kappa shape index (κ3) is 5.19. The number of carbonyl (C=O) groups excluding carboxylic acids is 1. The van der Waals surface area contributed by atoms with Crippen molar-refractivity contribution in [2.45, 2.75) is 46.1 Å². The van der Waals surface area contributed by atoms with Crippen molar-refractivity contribution in [3.8, 4) is 0 Å². The Balaban J connectivity index is 1.73. The minimum absolute atomic E-state index is 0.196. The maximum atomic E-state index is 12.9. The van der Waals surface area contributed by atoms with Crippen LogP contribution in [0, 0.1) is 0 Å². The molecule has 0 saturated carbocycles. The number of pyridine rings is 2. The topological polar surface area (TPSA) is 66.9 Å². The summed E-state index contributed by atoms with van der Waals surface area (Å²) in [7, 11) is 0. The predicted octanol–water partition coefficient (Wildman–Crippen LogP) is 5.59. The molecule has 0 unspecified atom stereocenters. The van der Waals surface area contributed by atoms with E-state index in [2.05, 4.69) is 66.5 Å². The zero-order valence-corrected chi connectivity index (χ0v) is 17.4. The highest BCUT2D eigenvalue weighted by Crippen LogP contribution is 2.32. The van der Waals surface area contributed by atoms with E-state index in [1.807, 2.05) is 24.4 Å². The smallest absolute Gasteiger partial charge is 0.274 e. The molecule has 0 atom stereocenters. The second-order valence-corrected chi connectivity index (χ2v) is 7.72. The summed E-state index contributed by atoms with van der Waals surface area (Å²) < 4.78 is 0. The molecule has 2 N–H and O–H groups in total. The van der Waals surface area contributed by atoms with Crippen molar-refractivity contribution in [3.05, 3.63) is 83.4 Å². The SMILES string of the molecule is CC(C)c1cccc(C(C)C)c1NC(=O)c1ccc(NCc2cccnc2)cn1. The summed E-state index contributed by atoms with van der Waals surface area (Å²) in [6, 6.07) is 13.7. The lowest BCUT2D eigenvalue weighted by Gasteiger charge is -2.20. The van der Waals surface area contributed by atoms with Crippen molar-refractivity contribution in [2.75, 3.05) is 10.6 Å². The third-order valence-corrected chi connectivity index (χ3v) is 4.83. The van der Waals surface area contributed by atoms with Gasteiger partial charge >= 0.3 is 0 Å². The lowest BCUT2D eigenvalue weighted by molar-refractivity contribution is 0.102. The fourth-order valence-electron chi connectivity index (χ4n) is 3.21. The molecule has 29 heavy (non-hydrogen) atoms. The number of aromatic nitrogens is 2. The van der Waals surface area contributed by atoms with Gasteiger partial charge in [-0.15, -0.1) is 0 Å². The van der Waals surface area contributed by atoms with E-state index < -0.39 is 0 Å². The van der Waals surface area contributed by atoms with Crippen molar-refractivity contribution in [3.63, 3.8) is 0 Å². The first kappa shape index (κ1) is 20.5. The molecule has 0 aliphatic carbocycles. The number of rotatable bonds is 7. The van der Waals surface area contributed by atoms with Gasteiger partial charge in [-0.2, -0.15) is 0 Å². The van der Waals surface area contributed by atoms with Gasteiger partial charge in [0.2, 0.25) is 0 Å². The first-order valence-corrected chi connectivity index (χ1v) is 9.98. The zero-order valence-electron chi connectivity index (χ0n) is 17.4. The summed E-state index contributed by atoms with van der Waals surface area (Å²) in [6.45, 7) is 9.19. The summed E-state index contributed by atoms with van der Waals surface area (Å²) in [4.78, 5) is 21.3. The van der Waals surface area contributed by atoms with E-state index in [1.54, 1.807) is 18.5 Å². The predicted molar refractivity (Wildman–Crippen MR) is 118 cm³/mol. The van der Waals surface area contributed by atoms with Gasteiger partial charge in [0.05, 0.1) is 11.9 Å². The normalized spacial score (nSPS) is 11.0. The number of carbonyl (C=O) groups is 1. The van der Waals surface area contributed by atoms with Crippen LogP contribution in [-0.2, 0) is 6.54 Å². The summed E-state index contributed by atoms with van der Waals surface area (Å²) in [5.41, 5.74) is 5.52. The molecule has 2 aromatic heterocycles. The Bertz CT molecular complexity index is 924. The molecule has 0 aliphatic rings. The molecular formula is C24H28N4O. The molecule has 150 valence electrons. The van der Waals surface area contributed by atoms with E-state index >= 15 is 0 Å². The van der Waals surface area contributed by atoms with Gasteiger partial charge in [0.15, 0.2) is 0 Å². The second-order valence-electron chi connectivity index (χ2n) is 7.72. The number of hydrogen-bond acceptors (Lipinski definition) is 4. The molecule has 0 radical (unpaired) electrons. The molecule has 5 nitrogen and oxygen atoms in total. The minimum Gasteiger partial charge on any atom is -0.380 e. The summed E-state index contributed by atoms with van der Waals surface area (Å²) in [5.74, 6) is 0.436. The van der Waals surface area contributed by atoms with Gasteiger partial charge in [0, 0.05) is 24.6 Å². The van der Waals surface area contributed by atoms with E-state index in [9.17, 15) is 4.79 Å². The monoisotopic (exact) mass is 388 g/mol. The quantitative estimate of drug-likeness (QED) is 0.554. The Morgan fingerprint density at radius 1 is 0.931 bits per heavy atom. The number of nitrogens with one attached hydrogen (secondary N) is 2. The van der Waals surface area contributed by atoms with Crippen molar-refractivity contribution >= 4 is 17.3 Å². The zero-order chi connectivity index (χ0) is 20.8. The summed E-state index contributed by atoms with van der Waals surface area (Å²) >= 11 is 0. The van der Waals surface area contributed by atoms with Gasteiger partial charge in [-0.3, -0.25) is 9.78 Å². The summed E-state index contributed by atoms with van der Waals surface area (Å²) in [5, 5.41) is 6.40. The van der Waals surface area contributed by atoms with Crippen molar-refractivity contribution in [1.82, 2.24) is 9.97 Å². The molecular weight excluding hydrogens is 360 g/mol. The molecule has 0 spiro atoms. The molecule has 0 aliphatic heterocycles. The van der Waals surface area contributed by atoms with E-state index in [1.165, 1.54) is 0 Å². The van der Waals surface area contributed by atoms with E-state index in [0.717, 1.165) is 28.1 Å². The first-order valence-electron chi connectivity index (χ1n) is 9.98. The molecule has 3 aromatic rings. The highest BCUT2D eigenvalue weighted by Gasteiger charge is 2.17. The fraction of sp³-hybridized carbons (Fsp3) is 0.292. The number of anilines is 2. The van der Waals surface area contributed by atoms with Crippen LogP contribution < -0.4 is 10.6 Å². The van der Waals surface area contributed by atoms with Crippen LogP contribution in [0.2, 0.25) is 0 Å². The molecule has 1 aromatic carbocycles. The summed E-state index contributed by atoms with van der Waals surface area (Å²) in [6.07, 6.45) is 5.25. The third-order valence-electron chi connectivity index (χ3n) is 4.83. The molecule has 0 fully saturated rings. The minimum atomic E-state index is -0.196. The van der Waals surface area contributed by atoms with E-state index in [-0.39, 0.29) is 5.91 Å². The van der Waals surface area contributed by atoms with Crippen LogP contribution in [-0.4, -0.2) is 15.9 Å². The molecule has 0 saturated heterocycles. The van der Waals surface area contributed by atoms with Crippen LogP contribution in [0.5, 0.6) is 0 Å². The molecule has 3 rings (SSSR count). The van der Waals surface area contributed by atoms with Gasteiger partial charge in [-0.25, -0.2) is 4.98 Å². The number of hydrogen-bond donors (Lipinski definition) is 2. The van der Waals surface area contributed by atoms with Gasteiger partial charge < -0.3 is 10.6 Å². The first-order chi connectivity index (χ1) is 14.0. The average Bonchev–Trinajstić information content (AvgIpc) is 2.73. The van der Waals surface area contributed by atoms with Crippen molar-refractivity contribution in [1.29, 1.82) is 0 Å². The highest BCUT2D eigenvalue weighted by molar-refractivity contribution is 6.04. The number of para-hydroxylation sites is 1. The van der Waals surface area contributed by atoms with Gasteiger partial charge in [0.25, 0.3) is 5.91 Å². The lowest BCUT2D eigenvalue weighted by atomic mass is 9.92. The maximum Gasteiger partial charge on any atom is 0.274 e. The Morgan fingerprint density at radius 2 is 1.66 bits per heavy atom. The van der Waals surface area contributed by atoms with Crippen LogP contribution >= 0.6 is 0 Å². The molecule has 1 amide bonds. The Hall–Kier alpha value is -3.21. The highest BCUT2D eigenvalue weighted by atomic mass is 16.1. The Morgan fingerprint density at radius 3 is 2.21 bits per heavy atom. The standard InChI is InChI=1S/C24H28N4O/c1-16(2)20-8-5-9-21(17(3)4)23(20)28-24(29)22-11-10-19(15-27-22)26-14-18-7-6-12-25-13-18/h5-13,15-17,26H,14H2,1-4H3,(H,28,29). The van der Waals surface area contributed by atoms with Crippen LogP contribution in [0.4, 0.5) is 11.4 Å². The van der Waals surface area contributed by atoms with Gasteiger partial charge in [-0.1, -0.05) is 52.0 Å². The average molecular weight is 389 g/mol. The largest absolute Gasteiger partial charge is 0.380 e. The van der Waals surface area contributed by atoms with E-state index in [0.29, 0.717) is 24.1 Å². The maximum absolute atomic E-state index is 12.9. The van der Waals surface area contributed by atoms with Crippen LogP contribution in [0.3, 0.4) is 0 Å². The van der Waals surface area contributed by atoms with Crippen molar-refractivity contribution < 1.29 is 4.79 Å².